The fourth-order valence-corrected chi connectivity index (χ4v) is 2.74. The van der Waals surface area contributed by atoms with Gasteiger partial charge in [-0.15, -0.1) is 0 Å². The van der Waals surface area contributed by atoms with Crippen LogP contribution >= 0.6 is 22.6 Å². The molecule has 0 heterocycles. The molecule has 25 heavy (non-hydrogen) atoms. The molecule has 0 aliphatic heterocycles. The van der Waals surface area contributed by atoms with Crippen molar-refractivity contribution in [1.82, 2.24) is 0 Å². The molecule has 0 aliphatic carbocycles. The zero-order chi connectivity index (χ0) is 19.3. The summed E-state index contributed by atoms with van der Waals surface area (Å²) in [5.74, 6) is 0. The highest BCUT2D eigenvalue weighted by atomic mass is 127. The smallest absolute Gasteiger partial charge is 0.282 e. The van der Waals surface area contributed by atoms with E-state index in [4.69, 9.17) is 4.55 Å². The third-order valence-electron chi connectivity index (χ3n) is 3.84. The van der Waals surface area contributed by atoms with Crippen molar-refractivity contribution < 1.29 is 17.9 Å². The Labute approximate surface area is 161 Å². The Morgan fingerprint density at radius 2 is 1.72 bits per heavy atom. The van der Waals surface area contributed by atoms with Crippen LogP contribution in [0, 0.1) is 13.7 Å². The molecule has 0 saturated heterocycles. The van der Waals surface area contributed by atoms with Gasteiger partial charge in [0, 0.05) is 15.7 Å². The Bertz CT molecular complexity index is 832. The van der Waals surface area contributed by atoms with Gasteiger partial charge in [-0.1, -0.05) is 39.0 Å². The number of halogens is 1. The fourth-order valence-electron chi connectivity index (χ4n) is 1.86. The molecule has 0 atom stereocenters. The molecule has 2 rings (SSSR count). The van der Waals surface area contributed by atoms with Crippen molar-refractivity contribution >= 4 is 38.4 Å². The molecule has 0 unspecified atom stereocenters. The zero-order valence-corrected chi connectivity index (χ0v) is 17.1. The van der Waals surface area contributed by atoms with Crippen molar-refractivity contribution in [2.45, 2.75) is 37.5 Å². The van der Waals surface area contributed by atoms with E-state index in [-0.39, 0.29) is 5.69 Å². The summed E-state index contributed by atoms with van der Waals surface area (Å²) >= 11 is 2.34. The highest BCUT2D eigenvalue weighted by Crippen LogP contribution is 2.26. The first-order valence-electron chi connectivity index (χ1n) is 7.45. The molecule has 0 saturated carbocycles. The van der Waals surface area contributed by atoms with Gasteiger partial charge >= 0.3 is 0 Å². The van der Waals surface area contributed by atoms with Gasteiger partial charge in [-0.3, -0.25) is 14.7 Å². The number of nitrogens with zero attached hydrogens (tertiary/aromatic N) is 1. The number of non-ortho nitro benzene ring substituents is 1. The standard InChI is InChI=1S/C11H15I.C6H5NO5S/c1-4-11(2,3)9-5-7-10(12)8-6-9;8-7(9)5-2-1-3-6(4-5)13(10,11)12/h5-8H,4H2,1-3H3;1-4H,(H,10,11,12). The van der Waals surface area contributed by atoms with E-state index in [0.717, 1.165) is 18.2 Å². The van der Waals surface area contributed by atoms with E-state index in [0.29, 0.717) is 5.41 Å². The van der Waals surface area contributed by atoms with Crippen LogP contribution in [0.4, 0.5) is 5.69 Å². The quantitative estimate of drug-likeness (QED) is 0.295. The summed E-state index contributed by atoms with van der Waals surface area (Å²) in [6.45, 7) is 6.81. The molecule has 2 aromatic rings. The Morgan fingerprint density at radius 3 is 2.16 bits per heavy atom. The Morgan fingerprint density at radius 1 is 1.16 bits per heavy atom. The minimum Gasteiger partial charge on any atom is -0.282 e. The van der Waals surface area contributed by atoms with E-state index in [9.17, 15) is 18.5 Å². The molecule has 8 heteroatoms. The minimum absolute atomic E-state index is 0.324. The molecule has 0 spiro atoms. The van der Waals surface area contributed by atoms with Crippen LogP contribution in [-0.4, -0.2) is 17.9 Å². The zero-order valence-electron chi connectivity index (χ0n) is 14.1. The molecule has 0 bridgehead atoms. The summed E-state index contributed by atoms with van der Waals surface area (Å²) in [5, 5.41) is 10.2. The maximum absolute atomic E-state index is 10.5. The summed E-state index contributed by atoms with van der Waals surface area (Å²) < 4.78 is 30.9. The second kappa shape index (κ2) is 8.72. The normalized spacial score (nSPS) is 11.4. The number of hydrogen-bond acceptors (Lipinski definition) is 4. The van der Waals surface area contributed by atoms with Gasteiger partial charge in [0.1, 0.15) is 4.90 Å². The average Bonchev–Trinajstić information content (AvgIpc) is 2.55. The van der Waals surface area contributed by atoms with Gasteiger partial charge in [0.25, 0.3) is 15.8 Å². The van der Waals surface area contributed by atoms with Gasteiger partial charge in [0.15, 0.2) is 0 Å². The van der Waals surface area contributed by atoms with E-state index >= 15 is 0 Å². The maximum atomic E-state index is 10.5. The maximum Gasteiger partial charge on any atom is 0.294 e. The number of hydrogen-bond donors (Lipinski definition) is 1. The van der Waals surface area contributed by atoms with Crippen LogP contribution < -0.4 is 0 Å². The van der Waals surface area contributed by atoms with Gasteiger partial charge in [0.05, 0.1) is 4.92 Å². The molecule has 0 aliphatic rings. The minimum atomic E-state index is -4.36. The van der Waals surface area contributed by atoms with E-state index in [1.165, 1.54) is 21.6 Å². The van der Waals surface area contributed by atoms with E-state index < -0.39 is 19.9 Å². The third-order valence-corrected chi connectivity index (χ3v) is 5.40. The van der Waals surface area contributed by atoms with Crippen LogP contribution in [0.5, 0.6) is 0 Å². The van der Waals surface area contributed by atoms with Crippen molar-refractivity contribution in [3.8, 4) is 0 Å². The first-order chi connectivity index (χ1) is 11.5. The number of benzene rings is 2. The summed E-state index contributed by atoms with van der Waals surface area (Å²) in [6.07, 6.45) is 1.19. The summed E-state index contributed by atoms with van der Waals surface area (Å²) in [5.41, 5.74) is 1.38. The van der Waals surface area contributed by atoms with E-state index in [1.807, 2.05) is 0 Å². The Balaban J connectivity index is 0.000000251. The highest BCUT2D eigenvalue weighted by molar-refractivity contribution is 14.1. The van der Waals surface area contributed by atoms with Crippen molar-refractivity contribution in [2.24, 2.45) is 0 Å². The van der Waals surface area contributed by atoms with Crippen LogP contribution in [0.15, 0.2) is 53.4 Å². The molecule has 0 amide bonds. The van der Waals surface area contributed by atoms with Gasteiger partial charge in [-0.25, -0.2) is 0 Å². The average molecular weight is 477 g/mol. The molecular formula is C17H20INO5S. The predicted octanol–water partition coefficient (Wildman–Crippen LogP) is 4.82. The Kier molecular flexibility index (Phi) is 7.51. The van der Waals surface area contributed by atoms with Crippen LogP contribution in [-0.2, 0) is 15.5 Å². The van der Waals surface area contributed by atoms with E-state index in [1.54, 1.807) is 0 Å². The fraction of sp³-hybridized carbons (Fsp3) is 0.294. The van der Waals surface area contributed by atoms with Gasteiger partial charge in [-0.05, 0) is 58.2 Å². The molecule has 6 nitrogen and oxygen atoms in total. The summed E-state index contributed by atoms with van der Waals surface area (Å²) in [7, 11) is -4.36. The molecule has 2 aromatic carbocycles. The summed E-state index contributed by atoms with van der Waals surface area (Å²) in [6, 6.07) is 13.0. The van der Waals surface area contributed by atoms with Crippen LogP contribution in [0.1, 0.15) is 32.8 Å². The second-order valence-corrected chi connectivity index (χ2v) is 8.64. The summed E-state index contributed by atoms with van der Waals surface area (Å²) in [4.78, 5) is 8.98. The molecule has 1 N–H and O–H groups in total. The lowest BCUT2D eigenvalue weighted by Gasteiger charge is -2.23. The molecule has 0 fully saturated rings. The van der Waals surface area contributed by atoms with Crippen molar-refractivity contribution in [3.05, 3.63) is 67.8 Å². The van der Waals surface area contributed by atoms with Crippen molar-refractivity contribution in [1.29, 1.82) is 0 Å². The van der Waals surface area contributed by atoms with Crippen LogP contribution in [0.3, 0.4) is 0 Å². The van der Waals surface area contributed by atoms with Gasteiger partial charge < -0.3 is 0 Å². The van der Waals surface area contributed by atoms with Crippen molar-refractivity contribution in [2.75, 3.05) is 0 Å². The number of rotatable bonds is 4. The number of nitro groups is 1. The first-order valence-corrected chi connectivity index (χ1v) is 9.97. The second-order valence-electron chi connectivity index (χ2n) is 5.97. The first kappa shape index (κ1) is 21.5. The lowest BCUT2D eigenvalue weighted by Crippen LogP contribution is -2.14. The lowest BCUT2D eigenvalue weighted by atomic mass is 9.82. The third kappa shape index (κ3) is 6.71. The lowest BCUT2D eigenvalue weighted by molar-refractivity contribution is -0.385. The van der Waals surface area contributed by atoms with Gasteiger partial charge in [-0.2, -0.15) is 8.42 Å². The Hall–Kier alpha value is -1.52. The topological polar surface area (TPSA) is 97.5 Å². The number of nitro benzene ring substituents is 1. The molecular weight excluding hydrogens is 457 g/mol. The largest absolute Gasteiger partial charge is 0.294 e. The highest BCUT2D eigenvalue weighted by Gasteiger charge is 2.17. The van der Waals surface area contributed by atoms with Crippen LogP contribution in [0.2, 0.25) is 0 Å². The van der Waals surface area contributed by atoms with Crippen molar-refractivity contribution in [3.63, 3.8) is 0 Å². The SMILES string of the molecule is CCC(C)(C)c1ccc(I)cc1.O=[N+]([O-])c1cccc(S(=O)(=O)O)c1. The van der Waals surface area contributed by atoms with Gasteiger partial charge in [0.2, 0.25) is 0 Å². The monoisotopic (exact) mass is 477 g/mol. The van der Waals surface area contributed by atoms with Crippen LogP contribution in [0.25, 0.3) is 0 Å². The predicted molar refractivity (Wildman–Crippen MR) is 105 cm³/mol. The molecule has 0 radical (unpaired) electrons. The molecule has 136 valence electrons. The van der Waals surface area contributed by atoms with E-state index in [2.05, 4.69) is 67.6 Å². The molecule has 0 aromatic heterocycles.